The Bertz CT molecular complexity index is 1200. The van der Waals surface area contributed by atoms with E-state index in [-0.39, 0.29) is 18.0 Å². The zero-order valence-electron chi connectivity index (χ0n) is 14.1. The van der Waals surface area contributed by atoms with Crippen molar-refractivity contribution < 1.29 is 4.79 Å². The van der Waals surface area contributed by atoms with Crippen LogP contribution in [0.4, 0.5) is 5.82 Å². The summed E-state index contributed by atoms with van der Waals surface area (Å²) in [6.07, 6.45) is 0. The molecule has 0 saturated heterocycles. The largest absolute Gasteiger partial charge is 0.309 e. The Morgan fingerprint density at radius 1 is 1.00 bits per heavy atom. The molecule has 0 unspecified atom stereocenters. The molecule has 2 aromatic heterocycles. The highest BCUT2D eigenvalue weighted by Crippen LogP contribution is 2.15. The van der Waals surface area contributed by atoms with Gasteiger partial charge in [0.15, 0.2) is 0 Å². The van der Waals surface area contributed by atoms with Crippen molar-refractivity contribution in [1.82, 2.24) is 14.8 Å². The van der Waals surface area contributed by atoms with Gasteiger partial charge in [-0.1, -0.05) is 36.4 Å². The van der Waals surface area contributed by atoms with Gasteiger partial charge in [-0.3, -0.25) is 9.59 Å². The molecule has 0 aliphatic rings. The standard InChI is InChI=1S/C20H16N4O2/c1-13-15-7-3-4-8-16(15)20(26)24(23-13)12-19(25)22-18-11-10-14-6-2-5-9-17(14)21-18/h2-11H,12H2,1H3,(H,21,22,25). The van der Waals surface area contributed by atoms with E-state index >= 15 is 0 Å². The predicted octanol–water partition coefficient (Wildman–Crippen LogP) is 2.89. The van der Waals surface area contributed by atoms with Gasteiger partial charge >= 0.3 is 0 Å². The van der Waals surface area contributed by atoms with Gasteiger partial charge in [0.05, 0.1) is 16.6 Å². The number of carbonyl (C=O) groups excluding carboxylic acids is 1. The number of pyridine rings is 1. The highest BCUT2D eigenvalue weighted by Gasteiger charge is 2.11. The van der Waals surface area contributed by atoms with Crippen molar-refractivity contribution in [2.75, 3.05) is 5.32 Å². The molecule has 26 heavy (non-hydrogen) atoms. The third-order valence-corrected chi connectivity index (χ3v) is 4.21. The maximum atomic E-state index is 12.5. The van der Waals surface area contributed by atoms with E-state index in [4.69, 9.17) is 0 Å². The maximum Gasteiger partial charge on any atom is 0.275 e. The number of carbonyl (C=O) groups is 1. The van der Waals surface area contributed by atoms with E-state index < -0.39 is 0 Å². The molecule has 4 rings (SSSR count). The summed E-state index contributed by atoms with van der Waals surface area (Å²) in [6, 6.07) is 18.5. The molecule has 4 aromatic rings. The highest BCUT2D eigenvalue weighted by molar-refractivity contribution is 5.91. The molecule has 0 aliphatic heterocycles. The van der Waals surface area contributed by atoms with Gasteiger partial charge in [0.2, 0.25) is 5.91 Å². The second-order valence-electron chi connectivity index (χ2n) is 6.03. The van der Waals surface area contributed by atoms with Crippen molar-refractivity contribution in [1.29, 1.82) is 0 Å². The molecule has 128 valence electrons. The van der Waals surface area contributed by atoms with Crippen LogP contribution in [0.15, 0.2) is 65.5 Å². The van der Waals surface area contributed by atoms with E-state index in [0.29, 0.717) is 16.9 Å². The van der Waals surface area contributed by atoms with Gasteiger partial charge in [-0.15, -0.1) is 0 Å². The molecule has 0 spiro atoms. The summed E-state index contributed by atoms with van der Waals surface area (Å²) in [5.41, 5.74) is 1.21. The number of hydrogen-bond acceptors (Lipinski definition) is 4. The molecule has 0 radical (unpaired) electrons. The van der Waals surface area contributed by atoms with Crippen LogP contribution in [0, 0.1) is 6.92 Å². The number of nitrogens with zero attached hydrogens (tertiary/aromatic N) is 3. The minimum Gasteiger partial charge on any atom is -0.309 e. The smallest absolute Gasteiger partial charge is 0.275 e. The van der Waals surface area contributed by atoms with E-state index in [2.05, 4.69) is 15.4 Å². The predicted molar refractivity (Wildman–Crippen MR) is 101 cm³/mol. The van der Waals surface area contributed by atoms with Crippen molar-refractivity contribution >= 4 is 33.4 Å². The number of para-hydroxylation sites is 1. The number of rotatable bonds is 3. The summed E-state index contributed by atoms with van der Waals surface area (Å²) in [5.74, 6) is 0.0938. The molecule has 0 saturated carbocycles. The summed E-state index contributed by atoms with van der Waals surface area (Å²) in [6.45, 7) is 1.65. The topological polar surface area (TPSA) is 76.9 Å². The molecule has 6 nitrogen and oxygen atoms in total. The molecule has 0 aliphatic carbocycles. The fraction of sp³-hybridized carbons (Fsp3) is 0.100. The first-order valence-corrected chi connectivity index (χ1v) is 8.24. The highest BCUT2D eigenvalue weighted by atomic mass is 16.2. The molecule has 0 fully saturated rings. The minimum atomic E-state index is -0.350. The van der Waals surface area contributed by atoms with Crippen LogP contribution in [0.5, 0.6) is 0 Å². The van der Waals surface area contributed by atoms with E-state index in [1.54, 1.807) is 18.2 Å². The van der Waals surface area contributed by atoms with Crippen molar-refractivity contribution in [2.45, 2.75) is 13.5 Å². The zero-order valence-corrected chi connectivity index (χ0v) is 14.1. The lowest BCUT2D eigenvalue weighted by atomic mass is 10.1. The van der Waals surface area contributed by atoms with E-state index in [1.807, 2.05) is 49.4 Å². The molecule has 2 aromatic carbocycles. The third-order valence-electron chi connectivity index (χ3n) is 4.21. The van der Waals surface area contributed by atoms with Crippen LogP contribution in [-0.2, 0) is 11.3 Å². The van der Waals surface area contributed by atoms with Crippen LogP contribution < -0.4 is 10.9 Å². The molecule has 0 bridgehead atoms. The Morgan fingerprint density at radius 2 is 1.73 bits per heavy atom. The van der Waals surface area contributed by atoms with Gasteiger partial charge in [-0.25, -0.2) is 9.67 Å². The second kappa shape index (κ2) is 6.40. The van der Waals surface area contributed by atoms with Gasteiger partial charge in [0, 0.05) is 10.8 Å². The molecule has 2 heterocycles. The van der Waals surface area contributed by atoms with Crippen molar-refractivity contribution in [3.05, 3.63) is 76.7 Å². The number of aromatic nitrogens is 3. The zero-order chi connectivity index (χ0) is 18.1. The quantitative estimate of drug-likeness (QED) is 0.620. The van der Waals surface area contributed by atoms with Crippen LogP contribution in [0.25, 0.3) is 21.7 Å². The summed E-state index contributed by atoms with van der Waals surface area (Å²) in [5, 5.41) is 9.33. The van der Waals surface area contributed by atoms with E-state index in [1.165, 1.54) is 4.68 Å². The number of anilines is 1. The Morgan fingerprint density at radius 3 is 2.58 bits per heavy atom. The Labute approximate surface area is 149 Å². The van der Waals surface area contributed by atoms with Gasteiger partial charge in [-0.2, -0.15) is 5.10 Å². The van der Waals surface area contributed by atoms with Gasteiger partial charge in [-0.05, 0) is 31.2 Å². The van der Waals surface area contributed by atoms with Crippen LogP contribution in [-0.4, -0.2) is 20.7 Å². The molecule has 1 N–H and O–H groups in total. The summed E-state index contributed by atoms with van der Waals surface area (Å²) in [7, 11) is 0. The van der Waals surface area contributed by atoms with Crippen LogP contribution in [0.2, 0.25) is 0 Å². The summed E-state index contributed by atoms with van der Waals surface area (Å²) >= 11 is 0. The fourth-order valence-corrected chi connectivity index (χ4v) is 2.97. The van der Waals surface area contributed by atoms with Crippen LogP contribution >= 0.6 is 0 Å². The van der Waals surface area contributed by atoms with Gasteiger partial charge in [0.1, 0.15) is 12.4 Å². The molecular weight excluding hydrogens is 328 g/mol. The van der Waals surface area contributed by atoms with Crippen LogP contribution in [0.3, 0.4) is 0 Å². The van der Waals surface area contributed by atoms with Crippen molar-refractivity contribution in [3.8, 4) is 0 Å². The number of hydrogen-bond donors (Lipinski definition) is 1. The van der Waals surface area contributed by atoms with Gasteiger partial charge in [0.25, 0.3) is 5.56 Å². The van der Waals surface area contributed by atoms with Gasteiger partial charge < -0.3 is 5.32 Å². The minimum absolute atomic E-state index is 0.168. The SMILES string of the molecule is Cc1nn(CC(=O)Nc2ccc3ccccc3n2)c(=O)c2ccccc12. The fourth-order valence-electron chi connectivity index (χ4n) is 2.97. The normalized spacial score (nSPS) is 11.0. The maximum absolute atomic E-state index is 12.5. The lowest BCUT2D eigenvalue weighted by molar-refractivity contribution is -0.117. The third kappa shape index (κ3) is 2.93. The lowest BCUT2D eigenvalue weighted by Crippen LogP contribution is -2.30. The number of aryl methyl sites for hydroxylation is 1. The first-order valence-electron chi connectivity index (χ1n) is 8.24. The summed E-state index contributed by atoms with van der Waals surface area (Å²) < 4.78 is 1.19. The Kier molecular flexibility index (Phi) is 3.93. The second-order valence-corrected chi connectivity index (χ2v) is 6.03. The monoisotopic (exact) mass is 344 g/mol. The van der Waals surface area contributed by atoms with Crippen LogP contribution in [0.1, 0.15) is 5.69 Å². The molecular formula is C20H16N4O2. The Hall–Kier alpha value is -3.54. The molecule has 6 heteroatoms. The number of fused-ring (bicyclic) bond motifs is 2. The van der Waals surface area contributed by atoms with Crippen molar-refractivity contribution in [2.24, 2.45) is 0 Å². The van der Waals surface area contributed by atoms with Crippen molar-refractivity contribution in [3.63, 3.8) is 0 Å². The van der Waals surface area contributed by atoms with E-state index in [9.17, 15) is 9.59 Å². The first kappa shape index (κ1) is 16.0. The van der Waals surface area contributed by atoms with E-state index in [0.717, 1.165) is 16.3 Å². The number of benzene rings is 2. The molecule has 0 atom stereocenters. The first-order chi connectivity index (χ1) is 12.6. The molecule has 1 amide bonds. The average Bonchev–Trinajstić information content (AvgIpc) is 2.66. The average molecular weight is 344 g/mol. The number of amides is 1. The Balaban J connectivity index is 1.60. The number of nitrogens with one attached hydrogen (secondary N) is 1. The summed E-state index contributed by atoms with van der Waals surface area (Å²) in [4.78, 5) is 29.3. The lowest BCUT2D eigenvalue weighted by Gasteiger charge is -2.09.